The molecule has 4 unspecified atom stereocenters. The third-order valence-corrected chi connectivity index (χ3v) is 1.79. The zero-order valence-corrected chi connectivity index (χ0v) is 8.26. The molecule has 8 nitrogen and oxygen atoms in total. The van der Waals surface area contributed by atoms with Crippen molar-refractivity contribution in [1.82, 2.24) is 0 Å². The Bertz CT molecular complexity index is 230. The molecule has 0 fully saturated rings. The van der Waals surface area contributed by atoms with Gasteiger partial charge in [0, 0.05) is 0 Å². The fourth-order valence-electron chi connectivity index (χ4n) is 0.863. The summed E-state index contributed by atoms with van der Waals surface area (Å²) in [6.07, 6.45) is -7.50. The molecule has 5 N–H and O–H groups in total. The van der Waals surface area contributed by atoms with Gasteiger partial charge in [-0.2, -0.15) is 0 Å². The van der Waals surface area contributed by atoms with Crippen LogP contribution in [-0.4, -0.2) is 75.4 Å². The van der Waals surface area contributed by atoms with Crippen LogP contribution < -0.4 is 0 Å². The lowest BCUT2D eigenvalue weighted by Gasteiger charge is -2.24. The first kappa shape index (κ1) is 14.9. The molecule has 0 heterocycles. The first-order chi connectivity index (χ1) is 7.45. The number of carbonyl (C=O) groups excluding carboxylic acids is 2. The summed E-state index contributed by atoms with van der Waals surface area (Å²) in [5.74, 6) is -1.32. The van der Waals surface area contributed by atoms with Gasteiger partial charge in [-0.3, -0.25) is 4.79 Å². The summed E-state index contributed by atoms with van der Waals surface area (Å²) in [7, 11) is 0. The van der Waals surface area contributed by atoms with Gasteiger partial charge < -0.3 is 30.3 Å². The summed E-state index contributed by atoms with van der Waals surface area (Å²) >= 11 is 0. The fraction of sp³-hybridized carbons (Fsp3) is 0.750. The van der Waals surface area contributed by atoms with E-state index in [0.29, 0.717) is 0 Å². The van der Waals surface area contributed by atoms with Crippen molar-refractivity contribution in [1.29, 1.82) is 0 Å². The average Bonchev–Trinajstić information content (AvgIpc) is 2.31. The van der Waals surface area contributed by atoms with E-state index in [-0.39, 0.29) is 6.29 Å². The number of hydrogen-bond acceptors (Lipinski definition) is 8. The van der Waals surface area contributed by atoms with Crippen LogP contribution in [0.3, 0.4) is 0 Å². The number of rotatable bonds is 7. The van der Waals surface area contributed by atoms with Gasteiger partial charge >= 0.3 is 5.97 Å². The van der Waals surface area contributed by atoms with Crippen molar-refractivity contribution in [3.05, 3.63) is 0 Å². The monoisotopic (exact) mass is 238 g/mol. The van der Waals surface area contributed by atoms with Crippen molar-refractivity contribution < 1.29 is 39.9 Å². The van der Waals surface area contributed by atoms with E-state index < -0.39 is 43.6 Å². The number of ether oxygens (including phenoxy) is 1. The van der Waals surface area contributed by atoms with Crippen LogP contribution >= 0.6 is 0 Å². The van der Waals surface area contributed by atoms with E-state index in [2.05, 4.69) is 4.74 Å². The third kappa shape index (κ3) is 4.21. The van der Waals surface area contributed by atoms with E-state index in [1.165, 1.54) is 0 Å². The Labute approximate surface area is 90.7 Å². The van der Waals surface area contributed by atoms with Crippen LogP contribution in [0.2, 0.25) is 0 Å². The van der Waals surface area contributed by atoms with Crippen LogP contribution in [0.4, 0.5) is 0 Å². The van der Waals surface area contributed by atoms with Crippen molar-refractivity contribution in [3.63, 3.8) is 0 Å². The Morgan fingerprint density at radius 2 is 1.75 bits per heavy atom. The van der Waals surface area contributed by atoms with E-state index in [1.54, 1.807) is 0 Å². The first-order valence-electron chi connectivity index (χ1n) is 4.39. The van der Waals surface area contributed by atoms with Crippen LogP contribution in [-0.2, 0) is 14.3 Å². The molecule has 0 saturated carbocycles. The van der Waals surface area contributed by atoms with Crippen molar-refractivity contribution >= 4 is 12.3 Å². The molecule has 8 heteroatoms. The maximum Gasteiger partial charge on any atom is 0.338 e. The molecule has 0 aromatic carbocycles. The standard InChI is InChI=1S/C8H14O8/c9-1-2-16-8(15)7(14)6(13)5(12)4(11)3-10/h1,4-7,10-14H,2-3H2. The second-order valence-electron chi connectivity index (χ2n) is 2.97. The lowest BCUT2D eigenvalue weighted by atomic mass is 10.0. The van der Waals surface area contributed by atoms with E-state index in [4.69, 9.17) is 20.4 Å². The quantitative estimate of drug-likeness (QED) is 0.224. The molecular formula is C8H14O8. The number of esters is 1. The minimum Gasteiger partial charge on any atom is -0.456 e. The maximum atomic E-state index is 10.9. The summed E-state index contributed by atoms with van der Waals surface area (Å²) < 4.78 is 4.17. The highest BCUT2D eigenvalue weighted by Gasteiger charge is 2.34. The van der Waals surface area contributed by atoms with E-state index >= 15 is 0 Å². The van der Waals surface area contributed by atoms with Gasteiger partial charge in [0.25, 0.3) is 0 Å². The molecule has 94 valence electrons. The third-order valence-electron chi connectivity index (χ3n) is 1.79. The highest BCUT2D eigenvalue weighted by Crippen LogP contribution is 2.06. The minimum atomic E-state index is -2.11. The number of hydrogen-bond donors (Lipinski definition) is 5. The molecular weight excluding hydrogens is 224 g/mol. The molecule has 0 aromatic rings. The number of aliphatic hydroxyl groups excluding tert-OH is 5. The summed E-state index contributed by atoms with van der Waals surface area (Å²) in [4.78, 5) is 20.8. The lowest BCUT2D eigenvalue weighted by Crippen LogP contribution is -2.49. The van der Waals surface area contributed by atoms with E-state index in [1.807, 2.05) is 0 Å². The predicted molar refractivity (Wildman–Crippen MR) is 48.1 cm³/mol. The molecule has 0 saturated heterocycles. The van der Waals surface area contributed by atoms with Crippen LogP contribution in [0.15, 0.2) is 0 Å². The second kappa shape index (κ2) is 7.25. The van der Waals surface area contributed by atoms with Crippen molar-refractivity contribution in [3.8, 4) is 0 Å². The Morgan fingerprint density at radius 1 is 1.19 bits per heavy atom. The SMILES string of the molecule is O=CCOC(=O)C(O)C(O)C(O)C(O)CO. The van der Waals surface area contributed by atoms with Gasteiger partial charge in [-0.1, -0.05) is 0 Å². The molecule has 0 spiro atoms. The van der Waals surface area contributed by atoms with Crippen molar-refractivity contribution in [2.75, 3.05) is 13.2 Å². The molecule has 16 heavy (non-hydrogen) atoms. The van der Waals surface area contributed by atoms with Gasteiger partial charge in [0.05, 0.1) is 6.61 Å². The Kier molecular flexibility index (Phi) is 6.77. The van der Waals surface area contributed by atoms with Gasteiger partial charge in [-0.05, 0) is 0 Å². The molecule has 0 aliphatic carbocycles. The summed E-state index contributed by atoms with van der Waals surface area (Å²) in [5, 5.41) is 44.8. The zero-order valence-electron chi connectivity index (χ0n) is 8.26. The molecule has 0 amide bonds. The molecule has 0 radical (unpaired) electrons. The van der Waals surface area contributed by atoms with Gasteiger partial charge in [0.15, 0.2) is 12.4 Å². The van der Waals surface area contributed by atoms with Crippen LogP contribution in [0.5, 0.6) is 0 Å². The van der Waals surface area contributed by atoms with Gasteiger partial charge in [0.1, 0.15) is 24.9 Å². The van der Waals surface area contributed by atoms with Gasteiger partial charge in [-0.25, -0.2) is 4.79 Å². The van der Waals surface area contributed by atoms with Gasteiger partial charge in [-0.15, -0.1) is 0 Å². The Morgan fingerprint density at radius 3 is 2.19 bits per heavy atom. The molecule has 4 atom stereocenters. The van der Waals surface area contributed by atoms with Crippen LogP contribution in [0.1, 0.15) is 0 Å². The first-order valence-corrected chi connectivity index (χ1v) is 4.39. The maximum absolute atomic E-state index is 10.9. The lowest BCUT2D eigenvalue weighted by molar-refractivity contribution is -0.170. The molecule has 0 aromatic heterocycles. The predicted octanol–water partition coefficient (Wildman–Crippen LogP) is -3.84. The van der Waals surface area contributed by atoms with Gasteiger partial charge in [0.2, 0.25) is 0 Å². The average molecular weight is 238 g/mol. The largest absolute Gasteiger partial charge is 0.456 e. The van der Waals surface area contributed by atoms with Crippen molar-refractivity contribution in [2.24, 2.45) is 0 Å². The smallest absolute Gasteiger partial charge is 0.338 e. The second-order valence-corrected chi connectivity index (χ2v) is 2.97. The fourth-order valence-corrected chi connectivity index (χ4v) is 0.863. The summed E-state index contributed by atoms with van der Waals surface area (Å²) in [5.41, 5.74) is 0. The zero-order chi connectivity index (χ0) is 12.7. The highest BCUT2D eigenvalue weighted by atomic mass is 16.6. The summed E-state index contributed by atoms with van der Waals surface area (Å²) in [6, 6.07) is 0. The van der Waals surface area contributed by atoms with E-state index in [0.717, 1.165) is 0 Å². The molecule has 0 rings (SSSR count). The highest BCUT2D eigenvalue weighted by molar-refractivity contribution is 5.76. The topological polar surface area (TPSA) is 145 Å². The molecule has 0 aliphatic heterocycles. The Balaban J connectivity index is 4.30. The Hall–Kier alpha value is -1.06. The number of aliphatic hydroxyl groups is 5. The van der Waals surface area contributed by atoms with Crippen molar-refractivity contribution in [2.45, 2.75) is 24.4 Å². The van der Waals surface area contributed by atoms with E-state index in [9.17, 15) is 14.7 Å². The number of aldehydes is 1. The minimum absolute atomic E-state index is 0.260. The molecule has 0 aliphatic rings. The van der Waals surface area contributed by atoms with Crippen LogP contribution in [0.25, 0.3) is 0 Å². The normalized spacial score (nSPS) is 18.3. The van der Waals surface area contributed by atoms with Crippen LogP contribution in [0, 0.1) is 0 Å². The molecule has 0 bridgehead atoms. The summed E-state index contributed by atoms with van der Waals surface area (Å²) in [6.45, 7) is -1.45. The number of carbonyl (C=O) groups is 2.